The van der Waals surface area contributed by atoms with Crippen molar-refractivity contribution < 1.29 is 4.21 Å². The first-order valence-corrected chi connectivity index (χ1v) is 7.67. The van der Waals surface area contributed by atoms with Crippen molar-refractivity contribution in [3.63, 3.8) is 0 Å². The first-order chi connectivity index (χ1) is 7.27. The molecule has 0 heterocycles. The smallest absolute Gasteiger partial charge is 0.0621 e. The zero-order valence-electron chi connectivity index (χ0n) is 9.83. The molecule has 0 aromatic heterocycles. The van der Waals surface area contributed by atoms with Crippen molar-refractivity contribution in [2.24, 2.45) is 0 Å². The predicted octanol–water partition coefficient (Wildman–Crippen LogP) is 3.40. The van der Waals surface area contributed by atoms with E-state index >= 15 is 0 Å². The summed E-state index contributed by atoms with van der Waals surface area (Å²) in [7, 11) is -0.609. The Labute approximate surface area is 96.5 Å². The Kier molecular flexibility index (Phi) is 11.4. The van der Waals surface area contributed by atoms with Crippen molar-refractivity contribution >= 4 is 10.8 Å². The van der Waals surface area contributed by atoms with Gasteiger partial charge < -0.3 is 0 Å². The molecular weight excluding hydrogens is 206 g/mol. The monoisotopic (exact) mass is 229 g/mol. The number of nitriles is 1. The third kappa shape index (κ3) is 13.6. The van der Waals surface area contributed by atoms with E-state index < -0.39 is 10.8 Å². The molecule has 0 saturated heterocycles. The Hall–Kier alpha value is -0.360. The van der Waals surface area contributed by atoms with E-state index in [4.69, 9.17) is 5.26 Å². The Balaban J connectivity index is 2.93. The SMILES string of the molecule is CS(=O)CCCCCCCCCCC#N. The number of nitrogens with zero attached hydrogens (tertiary/aromatic N) is 1. The van der Waals surface area contributed by atoms with Crippen molar-refractivity contribution in [1.82, 2.24) is 0 Å². The summed E-state index contributed by atoms with van der Waals surface area (Å²) in [6, 6.07) is 2.17. The van der Waals surface area contributed by atoms with E-state index in [-0.39, 0.29) is 0 Å². The molecule has 1 unspecified atom stereocenters. The molecule has 0 N–H and O–H groups in total. The number of hydrogen-bond donors (Lipinski definition) is 0. The van der Waals surface area contributed by atoms with Gasteiger partial charge in [-0.1, -0.05) is 38.5 Å². The van der Waals surface area contributed by atoms with Gasteiger partial charge in [-0.25, -0.2) is 0 Å². The van der Waals surface area contributed by atoms with Crippen LogP contribution in [0, 0.1) is 11.3 Å². The maximum atomic E-state index is 10.8. The van der Waals surface area contributed by atoms with Gasteiger partial charge in [-0.05, 0) is 12.8 Å². The van der Waals surface area contributed by atoms with E-state index in [0.29, 0.717) is 6.42 Å². The minimum atomic E-state index is -0.609. The fourth-order valence-electron chi connectivity index (χ4n) is 1.57. The van der Waals surface area contributed by atoms with Gasteiger partial charge in [0.2, 0.25) is 0 Å². The van der Waals surface area contributed by atoms with Crippen molar-refractivity contribution in [1.29, 1.82) is 5.26 Å². The first-order valence-electron chi connectivity index (χ1n) is 5.94. The Morgan fingerprint density at radius 1 is 0.933 bits per heavy atom. The highest BCUT2D eigenvalue weighted by Gasteiger charge is 1.93. The number of rotatable bonds is 10. The third-order valence-corrected chi connectivity index (χ3v) is 3.33. The van der Waals surface area contributed by atoms with Crippen LogP contribution in [0.2, 0.25) is 0 Å². The second-order valence-electron chi connectivity index (χ2n) is 4.01. The Bertz CT molecular complexity index is 198. The van der Waals surface area contributed by atoms with E-state index in [9.17, 15) is 4.21 Å². The second-order valence-corrected chi connectivity index (χ2v) is 5.57. The van der Waals surface area contributed by atoms with Crippen LogP contribution in [0.15, 0.2) is 0 Å². The molecule has 0 aliphatic carbocycles. The molecular formula is C12H23NOS. The molecule has 0 aliphatic rings. The van der Waals surface area contributed by atoms with Crippen molar-refractivity contribution in [3.05, 3.63) is 0 Å². The lowest BCUT2D eigenvalue weighted by Crippen LogP contribution is -1.93. The molecule has 0 saturated carbocycles. The van der Waals surface area contributed by atoms with Gasteiger partial charge in [0, 0.05) is 29.2 Å². The molecule has 0 aromatic carbocycles. The third-order valence-electron chi connectivity index (χ3n) is 2.47. The summed E-state index contributed by atoms with van der Waals surface area (Å²) in [6.07, 6.45) is 12.2. The number of hydrogen-bond acceptors (Lipinski definition) is 2. The molecule has 0 spiro atoms. The van der Waals surface area contributed by atoms with Gasteiger partial charge in [-0.3, -0.25) is 4.21 Å². The van der Waals surface area contributed by atoms with E-state index in [1.54, 1.807) is 6.26 Å². The molecule has 15 heavy (non-hydrogen) atoms. The summed E-state index contributed by atoms with van der Waals surface area (Å²) in [6.45, 7) is 0. The summed E-state index contributed by atoms with van der Waals surface area (Å²) in [5.74, 6) is 0.863. The molecule has 2 nitrogen and oxygen atoms in total. The predicted molar refractivity (Wildman–Crippen MR) is 66.1 cm³/mol. The largest absolute Gasteiger partial charge is 0.260 e. The van der Waals surface area contributed by atoms with Gasteiger partial charge in [0.05, 0.1) is 6.07 Å². The fraction of sp³-hybridized carbons (Fsp3) is 0.917. The van der Waals surface area contributed by atoms with Gasteiger partial charge in [0.1, 0.15) is 0 Å². The summed E-state index contributed by atoms with van der Waals surface area (Å²) < 4.78 is 10.8. The molecule has 3 heteroatoms. The van der Waals surface area contributed by atoms with Crippen molar-refractivity contribution in [2.75, 3.05) is 12.0 Å². The molecule has 0 bridgehead atoms. The van der Waals surface area contributed by atoms with Crippen LogP contribution in [0.3, 0.4) is 0 Å². The lowest BCUT2D eigenvalue weighted by Gasteiger charge is -2.00. The van der Waals surface area contributed by atoms with Crippen molar-refractivity contribution in [3.8, 4) is 6.07 Å². The lowest BCUT2D eigenvalue weighted by atomic mass is 10.1. The molecule has 0 aliphatic heterocycles. The van der Waals surface area contributed by atoms with Gasteiger partial charge >= 0.3 is 0 Å². The molecule has 0 amide bonds. The number of unbranched alkanes of at least 4 members (excludes halogenated alkanes) is 8. The Morgan fingerprint density at radius 3 is 1.87 bits per heavy atom. The van der Waals surface area contributed by atoms with Gasteiger partial charge in [0.15, 0.2) is 0 Å². The summed E-state index contributed by atoms with van der Waals surface area (Å²) in [4.78, 5) is 0. The fourth-order valence-corrected chi connectivity index (χ4v) is 2.18. The average molecular weight is 229 g/mol. The minimum absolute atomic E-state index is 0.609. The van der Waals surface area contributed by atoms with Crippen LogP contribution >= 0.6 is 0 Å². The standard InChI is InChI=1S/C12H23NOS/c1-15(14)12-10-8-6-4-2-3-5-7-9-11-13/h2-10,12H2,1H3. The lowest BCUT2D eigenvalue weighted by molar-refractivity contribution is 0.578. The molecule has 1 atom stereocenters. The van der Waals surface area contributed by atoms with Crippen LogP contribution in [0.4, 0.5) is 0 Å². The minimum Gasteiger partial charge on any atom is -0.260 e. The Morgan fingerprint density at radius 2 is 1.40 bits per heavy atom. The van der Waals surface area contributed by atoms with E-state index in [0.717, 1.165) is 18.6 Å². The average Bonchev–Trinajstić information content (AvgIpc) is 2.20. The van der Waals surface area contributed by atoms with E-state index in [2.05, 4.69) is 6.07 Å². The highest BCUT2D eigenvalue weighted by Crippen LogP contribution is 2.09. The van der Waals surface area contributed by atoms with Gasteiger partial charge in [-0.2, -0.15) is 5.26 Å². The topological polar surface area (TPSA) is 40.9 Å². The normalized spacial score (nSPS) is 12.3. The molecule has 88 valence electrons. The molecule has 0 radical (unpaired) electrons. The highest BCUT2D eigenvalue weighted by molar-refractivity contribution is 7.84. The van der Waals surface area contributed by atoms with Crippen LogP contribution in [0.5, 0.6) is 0 Å². The quantitative estimate of drug-likeness (QED) is 0.539. The van der Waals surface area contributed by atoms with E-state index in [1.807, 2.05) is 0 Å². The van der Waals surface area contributed by atoms with Crippen LogP contribution in [-0.4, -0.2) is 16.2 Å². The highest BCUT2D eigenvalue weighted by atomic mass is 32.2. The maximum absolute atomic E-state index is 10.8. The van der Waals surface area contributed by atoms with Gasteiger partial charge in [-0.15, -0.1) is 0 Å². The van der Waals surface area contributed by atoms with Crippen LogP contribution < -0.4 is 0 Å². The van der Waals surface area contributed by atoms with Crippen molar-refractivity contribution in [2.45, 2.75) is 57.8 Å². The zero-order valence-corrected chi connectivity index (χ0v) is 10.7. The molecule has 0 rings (SSSR count). The van der Waals surface area contributed by atoms with E-state index in [1.165, 1.54) is 38.5 Å². The van der Waals surface area contributed by atoms with Crippen LogP contribution in [0.1, 0.15) is 57.8 Å². The summed E-state index contributed by atoms with van der Waals surface area (Å²) in [5.41, 5.74) is 0. The zero-order chi connectivity index (χ0) is 11.4. The summed E-state index contributed by atoms with van der Waals surface area (Å²) in [5, 5.41) is 8.34. The molecule has 0 fully saturated rings. The van der Waals surface area contributed by atoms with Crippen LogP contribution in [0.25, 0.3) is 0 Å². The maximum Gasteiger partial charge on any atom is 0.0621 e. The second kappa shape index (κ2) is 11.7. The van der Waals surface area contributed by atoms with Gasteiger partial charge in [0.25, 0.3) is 0 Å². The molecule has 0 aromatic rings. The summed E-state index contributed by atoms with van der Waals surface area (Å²) >= 11 is 0. The first kappa shape index (κ1) is 14.6. The van der Waals surface area contributed by atoms with Crippen LogP contribution in [-0.2, 0) is 10.8 Å².